The first-order valence-electron chi connectivity index (χ1n) is 12.3. The van der Waals surface area contributed by atoms with E-state index in [1.807, 2.05) is 18.2 Å². The zero-order valence-corrected chi connectivity index (χ0v) is 21.8. The van der Waals surface area contributed by atoms with E-state index in [2.05, 4.69) is 27.4 Å². The quantitative estimate of drug-likeness (QED) is 0.311. The molecule has 1 amide bonds. The second kappa shape index (κ2) is 11.0. The molecule has 9 heteroatoms. The van der Waals surface area contributed by atoms with E-state index in [4.69, 9.17) is 9.47 Å². The molecule has 2 heterocycles. The number of hydrogen-bond donors (Lipinski definition) is 2. The van der Waals surface area contributed by atoms with Crippen molar-refractivity contribution in [1.29, 1.82) is 0 Å². The maximum absolute atomic E-state index is 13.0. The molecule has 1 aliphatic rings. The minimum atomic E-state index is -1.08. The van der Waals surface area contributed by atoms with Gasteiger partial charge >= 0.3 is 11.9 Å². The van der Waals surface area contributed by atoms with E-state index in [0.29, 0.717) is 34.3 Å². The highest BCUT2D eigenvalue weighted by atomic mass is 32.1. The lowest BCUT2D eigenvalue weighted by Gasteiger charge is -2.22. The first-order valence-corrected chi connectivity index (χ1v) is 13.2. The minimum absolute atomic E-state index is 0.314. The second-order valence-electron chi connectivity index (χ2n) is 9.10. The van der Waals surface area contributed by atoms with E-state index >= 15 is 0 Å². The van der Waals surface area contributed by atoms with E-state index in [9.17, 15) is 14.4 Å². The van der Waals surface area contributed by atoms with Crippen LogP contribution in [0.1, 0.15) is 56.0 Å². The second-order valence-corrected chi connectivity index (χ2v) is 10.2. The molecule has 0 saturated carbocycles. The zero-order chi connectivity index (χ0) is 26.6. The Morgan fingerprint density at radius 1 is 1.08 bits per heavy atom. The first-order chi connectivity index (χ1) is 18.4. The van der Waals surface area contributed by atoms with Crippen LogP contribution in [0.4, 0.5) is 5.00 Å². The number of aromatic amines is 1. The van der Waals surface area contributed by atoms with Crippen LogP contribution in [-0.2, 0) is 27.1 Å². The Bertz CT molecular complexity index is 1450. The number of benzene rings is 2. The number of ether oxygens (including phenoxy) is 2. The van der Waals surface area contributed by atoms with Crippen LogP contribution in [0.15, 0.2) is 67.0 Å². The molecule has 8 nitrogen and oxygen atoms in total. The van der Waals surface area contributed by atoms with Crippen molar-refractivity contribution in [3.8, 4) is 11.4 Å². The van der Waals surface area contributed by atoms with Crippen LogP contribution < -0.4 is 5.32 Å². The average molecular weight is 530 g/mol. The van der Waals surface area contributed by atoms with Gasteiger partial charge in [0.2, 0.25) is 0 Å². The van der Waals surface area contributed by atoms with E-state index < -0.39 is 23.9 Å². The number of rotatable bonds is 7. The van der Waals surface area contributed by atoms with Crippen LogP contribution >= 0.6 is 11.3 Å². The van der Waals surface area contributed by atoms with E-state index in [0.717, 1.165) is 28.8 Å². The average Bonchev–Trinajstić information content (AvgIpc) is 3.61. The molecule has 2 atom stereocenters. The molecule has 2 N–H and O–H groups in total. The number of carbonyl (C=O) groups excluding carboxylic acids is 3. The fourth-order valence-corrected chi connectivity index (χ4v) is 6.00. The van der Waals surface area contributed by atoms with Crippen molar-refractivity contribution in [3.05, 3.63) is 94.1 Å². The molecule has 38 heavy (non-hydrogen) atoms. The molecule has 4 aromatic rings. The van der Waals surface area contributed by atoms with Crippen molar-refractivity contribution in [1.82, 2.24) is 9.97 Å². The Morgan fingerprint density at radius 2 is 1.84 bits per heavy atom. The number of amides is 1. The summed E-state index contributed by atoms with van der Waals surface area (Å²) in [6.45, 7) is 1.50. The van der Waals surface area contributed by atoms with Gasteiger partial charge in [-0.15, -0.1) is 11.3 Å². The lowest BCUT2D eigenvalue weighted by Crippen LogP contribution is -2.30. The number of anilines is 1. The molecular formula is C29H27N3O5S. The maximum Gasteiger partial charge on any atom is 0.341 e. The van der Waals surface area contributed by atoms with Crippen LogP contribution in [0.5, 0.6) is 0 Å². The number of imidazole rings is 1. The van der Waals surface area contributed by atoms with Crippen LogP contribution in [0.2, 0.25) is 0 Å². The number of H-pyrrole nitrogens is 1. The van der Waals surface area contributed by atoms with Crippen LogP contribution in [-0.4, -0.2) is 41.0 Å². The lowest BCUT2D eigenvalue weighted by molar-refractivity contribution is -0.123. The van der Waals surface area contributed by atoms with E-state index in [-0.39, 0.29) is 0 Å². The number of aromatic nitrogens is 2. The summed E-state index contributed by atoms with van der Waals surface area (Å²) >= 11 is 1.38. The van der Waals surface area contributed by atoms with E-state index in [1.54, 1.807) is 36.7 Å². The number of methoxy groups -OCH3 is 1. The van der Waals surface area contributed by atoms with Crippen molar-refractivity contribution in [2.75, 3.05) is 12.4 Å². The number of hydrogen-bond acceptors (Lipinski definition) is 7. The summed E-state index contributed by atoms with van der Waals surface area (Å²) in [5.41, 5.74) is 3.71. The zero-order valence-electron chi connectivity index (χ0n) is 21.0. The fourth-order valence-electron chi connectivity index (χ4n) is 4.68. The van der Waals surface area contributed by atoms with Gasteiger partial charge in [0.15, 0.2) is 6.10 Å². The normalized spacial score (nSPS) is 15.3. The number of esters is 2. The smallest absolute Gasteiger partial charge is 0.341 e. The van der Waals surface area contributed by atoms with Gasteiger partial charge in [-0.05, 0) is 55.4 Å². The molecule has 2 aromatic carbocycles. The molecule has 0 radical (unpaired) electrons. The molecule has 0 bridgehead atoms. The number of fused-ring (bicyclic) bond motifs is 1. The van der Waals surface area contributed by atoms with Crippen LogP contribution in [0.25, 0.3) is 11.4 Å². The lowest BCUT2D eigenvalue weighted by atomic mass is 9.83. The number of nitrogens with zero attached hydrogens (tertiary/aromatic N) is 1. The van der Waals surface area contributed by atoms with Crippen molar-refractivity contribution in [3.63, 3.8) is 0 Å². The van der Waals surface area contributed by atoms with Gasteiger partial charge in [-0.25, -0.2) is 14.6 Å². The summed E-state index contributed by atoms with van der Waals surface area (Å²) in [4.78, 5) is 46.6. The summed E-state index contributed by atoms with van der Waals surface area (Å²) in [7, 11) is 1.33. The molecule has 2 aromatic heterocycles. The van der Waals surface area contributed by atoms with Crippen molar-refractivity contribution in [2.45, 2.75) is 38.2 Å². The number of nitrogens with one attached hydrogen (secondary N) is 2. The third-order valence-electron chi connectivity index (χ3n) is 6.71. The molecule has 0 saturated heterocycles. The Kier molecular flexibility index (Phi) is 7.37. The molecule has 2 unspecified atom stereocenters. The molecule has 1 aliphatic carbocycles. The summed E-state index contributed by atoms with van der Waals surface area (Å²) in [6.07, 6.45) is 4.68. The van der Waals surface area contributed by atoms with Gasteiger partial charge in [-0.3, -0.25) is 4.79 Å². The van der Waals surface area contributed by atoms with Crippen LogP contribution in [0.3, 0.4) is 0 Å². The van der Waals surface area contributed by atoms with Gasteiger partial charge in [0.05, 0.1) is 18.2 Å². The SMILES string of the molecule is COC(=O)c1c(NC(=O)C(C)OC(=O)c2ccc(-c3ncc[nH]3)cc2)sc2c1CCC(c1ccccc1)C2. The summed E-state index contributed by atoms with van der Waals surface area (Å²) in [5, 5.41) is 3.23. The predicted molar refractivity (Wildman–Crippen MR) is 144 cm³/mol. The summed E-state index contributed by atoms with van der Waals surface area (Å²) in [6, 6.07) is 17.0. The third kappa shape index (κ3) is 5.24. The third-order valence-corrected chi connectivity index (χ3v) is 7.88. The van der Waals surface area contributed by atoms with Crippen LogP contribution in [0, 0.1) is 0 Å². The topological polar surface area (TPSA) is 110 Å². The Hall–Kier alpha value is -4.24. The van der Waals surface area contributed by atoms with Gasteiger partial charge in [0.1, 0.15) is 10.8 Å². The van der Waals surface area contributed by atoms with Crippen molar-refractivity contribution < 1.29 is 23.9 Å². The summed E-state index contributed by atoms with van der Waals surface area (Å²) < 4.78 is 10.5. The van der Waals surface area contributed by atoms with Gasteiger partial charge in [-0.2, -0.15) is 0 Å². The predicted octanol–water partition coefficient (Wildman–Crippen LogP) is 5.38. The standard InChI is InChI=1S/C29H27N3O5S/c1-17(37-28(34)20-10-8-19(9-11-20)25-30-14-15-31-25)26(33)32-27-24(29(35)36-2)22-13-12-21(16-23(22)38-27)18-6-4-3-5-7-18/h3-11,14-15,17,21H,12-13,16H2,1-2H3,(H,30,31)(H,32,33). The molecule has 0 fully saturated rings. The highest BCUT2D eigenvalue weighted by Crippen LogP contribution is 2.42. The van der Waals surface area contributed by atoms with Gasteiger partial charge in [-0.1, -0.05) is 42.5 Å². The maximum atomic E-state index is 13.0. The summed E-state index contributed by atoms with van der Waals surface area (Å²) in [5.74, 6) is -0.600. The highest BCUT2D eigenvalue weighted by molar-refractivity contribution is 7.17. The van der Waals surface area contributed by atoms with Gasteiger partial charge in [0, 0.05) is 22.8 Å². The molecule has 194 valence electrons. The van der Waals surface area contributed by atoms with Crippen molar-refractivity contribution >= 4 is 34.2 Å². The number of carbonyl (C=O) groups is 3. The minimum Gasteiger partial charge on any atom is -0.465 e. The van der Waals surface area contributed by atoms with Crippen molar-refractivity contribution in [2.24, 2.45) is 0 Å². The molecular weight excluding hydrogens is 502 g/mol. The molecule has 0 aliphatic heterocycles. The monoisotopic (exact) mass is 529 g/mol. The highest BCUT2D eigenvalue weighted by Gasteiger charge is 2.31. The molecule has 5 rings (SSSR count). The fraction of sp³-hybridized carbons (Fsp3) is 0.241. The van der Waals surface area contributed by atoms with Gasteiger partial charge in [0.25, 0.3) is 5.91 Å². The largest absolute Gasteiger partial charge is 0.465 e. The Balaban J connectivity index is 1.28. The van der Waals surface area contributed by atoms with E-state index in [1.165, 1.54) is 30.9 Å². The Morgan fingerprint density at radius 3 is 2.53 bits per heavy atom. The van der Waals surface area contributed by atoms with Gasteiger partial charge < -0.3 is 19.8 Å². The Labute approximate surface area is 224 Å². The first kappa shape index (κ1) is 25.4. The molecule has 0 spiro atoms. The number of thiophene rings is 1.